The summed E-state index contributed by atoms with van der Waals surface area (Å²) in [5, 5.41) is 18.3. The molecule has 10 heteroatoms. The number of aromatic hydroxyl groups is 1. The average Bonchev–Trinajstić information content (AvgIpc) is 2.78. The van der Waals surface area contributed by atoms with Gasteiger partial charge >= 0.3 is 0 Å². The molecular weight excluding hydrogens is 513 g/mol. The second-order valence-corrected chi connectivity index (χ2v) is 10.6. The van der Waals surface area contributed by atoms with Crippen molar-refractivity contribution >= 4 is 63.6 Å². The number of benzene rings is 3. The van der Waals surface area contributed by atoms with Crippen LogP contribution in [0, 0.1) is 5.92 Å². The van der Waals surface area contributed by atoms with Gasteiger partial charge in [-0.15, -0.1) is 0 Å². The highest BCUT2D eigenvalue weighted by molar-refractivity contribution is 6.68. The number of phenolic OH excluding ortho intramolecular Hbond substituents is 1. The number of amides is 2. The molecule has 0 spiro atoms. The summed E-state index contributed by atoms with van der Waals surface area (Å²) in [5.74, 6) is -0.494. The van der Waals surface area contributed by atoms with Gasteiger partial charge in [-0.3, -0.25) is 9.59 Å². The minimum absolute atomic E-state index is 0.113. The van der Waals surface area contributed by atoms with Crippen LogP contribution in [0.5, 0.6) is 11.5 Å². The second kappa shape index (κ2) is 11.6. The van der Waals surface area contributed by atoms with Crippen molar-refractivity contribution in [3.63, 3.8) is 0 Å². The summed E-state index contributed by atoms with van der Waals surface area (Å²) in [7, 11) is 0. The Kier molecular flexibility index (Phi) is 8.83. The fourth-order valence-electron chi connectivity index (χ4n) is 3.16. The predicted molar refractivity (Wildman–Crippen MR) is 139 cm³/mol. The lowest BCUT2D eigenvalue weighted by Gasteiger charge is -2.26. The molecule has 0 saturated heterocycles. The number of fused-ring (bicyclic) bond motifs is 1. The minimum atomic E-state index is -1.88. The smallest absolute Gasteiger partial charge is 0.275 e. The molecule has 1 atom stereocenters. The maximum absolute atomic E-state index is 12.4. The van der Waals surface area contributed by atoms with Crippen molar-refractivity contribution in [1.82, 2.24) is 10.7 Å². The molecule has 184 valence electrons. The standard InChI is InChI=1S/C25H24Cl3N3O4/c1-15(2)11-22(33)30-24(25(26,27)28)35-19-9-7-16(8-10-19)14-29-31-23(34)20-12-17-5-3-4-6-18(17)13-21(20)32/h3-10,12-15,24,32H,11H2,1-2H3,(H,30,33)(H,31,34). The summed E-state index contributed by atoms with van der Waals surface area (Å²) in [6, 6.07) is 17.1. The summed E-state index contributed by atoms with van der Waals surface area (Å²) >= 11 is 17.9. The zero-order chi connectivity index (χ0) is 25.6. The summed E-state index contributed by atoms with van der Waals surface area (Å²) in [4.78, 5) is 24.5. The molecule has 0 heterocycles. The number of halogens is 3. The van der Waals surface area contributed by atoms with Crippen LogP contribution in [0.3, 0.4) is 0 Å². The molecule has 0 bridgehead atoms. The van der Waals surface area contributed by atoms with E-state index in [9.17, 15) is 14.7 Å². The van der Waals surface area contributed by atoms with Crippen molar-refractivity contribution in [2.24, 2.45) is 11.0 Å². The predicted octanol–water partition coefficient (Wildman–Crippen LogP) is 5.55. The molecule has 0 aliphatic carbocycles. The topological polar surface area (TPSA) is 100 Å². The number of carbonyl (C=O) groups excluding carboxylic acids is 2. The molecule has 3 aromatic carbocycles. The lowest BCUT2D eigenvalue weighted by atomic mass is 10.1. The Morgan fingerprint density at radius 2 is 1.69 bits per heavy atom. The van der Waals surface area contributed by atoms with Gasteiger partial charge in [-0.25, -0.2) is 5.43 Å². The monoisotopic (exact) mass is 535 g/mol. The Balaban J connectivity index is 1.62. The molecule has 1 unspecified atom stereocenters. The number of phenols is 1. The Bertz CT molecular complexity index is 1220. The fourth-order valence-corrected chi connectivity index (χ4v) is 3.46. The van der Waals surface area contributed by atoms with E-state index < -0.39 is 15.9 Å². The van der Waals surface area contributed by atoms with Gasteiger partial charge < -0.3 is 15.2 Å². The van der Waals surface area contributed by atoms with Gasteiger partial charge in [0.1, 0.15) is 11.5 Å². The van der Waals surface area contributed by atoms with Crippen molar-refractivity contribution < 1.29 is 19.4 Å². The van der Waals surface area contributed by atoms with E-state index in [0.717, 1.165) is 10.8 Å². The highest BCUT2D eigenvalue weighted by atomic mass is 35.6. The molecule has 0 radical (unpaired) electrons. The molecule has 0 saturated carbocycles. The quantitative estimate of drug-likeness (QED) is 0.152. The number of hydrogen-bond acceptors (Lipinski definition) is 5. The third-order valence-corrected chi connectivity index (χ3v) is 5.40. The van der Waals surface area contributed by atoms with Gasteiger partial charge in [-0.05, 0) is 58.7 Å². The van der Waals surface area contributed by atoms with Crippen LogP contribution >= 0.6 is 34.8 Å². The zero-order valence-corrected chi connectivity index (χ0v) is 21.2. The number of alkyl halides is 3. The normalized spacial score (nSPS) is 12.6. The van der Waals surface area contributed by atoms with Crippen LogP contribution in [0.1, 0.15) is 36.2 Å². The van der Waals surface area contributed by atoms with Crippen LogP contribution in [0.4, 0.5) is 0 Å². The first-order valence-corrected chi connectivity index (χ1v) is 11.8. The molecule has 35 heavy (non-hydrogen) atoms. The number of rotatable bonds is 8. The van der Waals surface area contributed by atoms with E-state index in [1.807, 2.05) is 38.1 Å². The molecule has 3 aromatic rings. The highest BCUT2D eigenvalue weighted by Crippen LogP contribution is 2.32. The number of hydrazone groups is 1. The number of nitrogens with one attached hydrogen (secondary N) is 2. The summed E-state index contributed by atoms with van der Waals surface area (Å²) < 4.78 is 3.78. The van der Waals surface area contributed by atoms with Crippen molar-refractivity contribution in [2.75, 3.05) is 0 Å². The molecule has 3 rings (SSSR count). The third kappa shape index (κ3) is 7.75. The van der Waals surface area contributed by atoms with Crippen LogP contribution in [0.2, 0.25) is 0 Å². The van der Waals surface area contributed by atoms with E-state index in [-0.39, 0.29) is 29.6 Å². The van der Waals surface area contributed by atoms with E-state index in [2.05, 4.69) is 15.8 Å². The number of hydrogen-bond donors (Lipinski definition) is 3. The lowest BCUT2D eigenvalue weighted by molar-refractivity contribution is -0.124. The number of nitrogens with zero attached hydrogens (tertiary/aromatic N) is 1. The summed E-state index contributed by atoms with van der Waals surface area (Å²) in [6.07, 6.45) is 0.502. The average molecular weight is 537 g/mol. The molecule has 0 aromatic heterocycles. The van der Waals surface area contributed by atoms with Crippen molar-refractivity contribution in [1.29, 1.82) is 0 Å². The number of ether oxygens (including phenoxy) is 1. The van der Waals surface area contributed by atoms with Gasteiger partial charge in [0.25, 0.3) is 5.91 Å². The van der Waals surface area contributed by atoms with E-state index in [1.54, 1.807) is 30.3 Å². The van der Waals surface area contributed by atoms with Gasteiger partial charge in [-0.1, -0.05) is 72.9 Å². The van der Waals surface area contributed by atoms with Gasteiger partial charge in [0, 0.05) is 6.42 Å². The maximum Gasteiger partial charge on any atom is 0.275 e. The molecule has 0 aliphatic rings. The molecule has 3 N–H and O–H groups in total. The Labute approximate surface area is 218 Å². The van der Waals surface area contributed by atoms with Gasteiger partial charge in [0.15, 0.2) is 0 Å². The zero-order valence-electron chi connectivity index (χ0n) is 19.0. The van der Waals surface area contributed by atoms with Gasteiger partial charge in [0.05, 0.1) is 11.8 Å². The Morgan fingerprint density at radius 1 is 1.06 bits per heavy atom. The van der Waals surface area contributed by atoms with Crippen LogP contribution in [0.15, 0.2) is 65.8 Å². The van der Waals surface area contributed by atoms with Crippen LogP contribution in [-0.2, 0) is 4.79 Å². The van der Waals surface area contributed by atoms with Crippen molar-refractivity contribution in [3.8, 4) is 11.5 Å². The van der Waals surface area contributed by atoms with Gasteiger partial charge in [0.2, 0.25) is 15.9 Å². The first-order valence-electron chi connectivity index (χ1n) is 10.7. The third-order valence-electron chi connectivity index (χ3n) is 4.81. The van der Waals surface area contributed by atoms with E-state index in [4.69, 9.17) is 39.5 Å². The SMILES string of the molecule is CC(C)CC(=O)NC(Oc1ccc(C=NNC(=O)c2cc3ccccc3cc2O)cc1)C(Cl)(Cl)Cl. The molecule has 0 fully saturated rings. The molecule has 0 aliphatic heterocycles. The minimum Gasteiger partial charge on any atom is -0.507 e. The van der Waals surface area contributed by atoms with E-state index in [0.29, 0.717) is 11.3 Å². The van der Waals surface area contributed by atoms with Crippen molar-refractivity contribution in [3.05, 3.63) is 71.8 Å². The second-order valence-electron chi connectivity index (χ2n) is 8.19. The molecule has 2 amide bonds. The lowest BCUT2D eigenvalue weighted by Crippen LogP contribution is -2.48. The van der Waals surface area contributed by atoms with Gasteiger partial charge in [-0.2, -0.15) is 5.10 Å². The van der Waals surface area contributed by atoms with Crippen LogP contribution in [0.25, 0.3) is 10.8 Å². The first-order chi connectivity index (χ1) is 16.5. The van der Waals surface area contributed by atoms with E-state index >= 15 is 0 Å². The first kappa shape index (κ1) is 26.6. The Morgan fingerprint density at radius 3 is 2.29 bits per heavy atom. The van der Waals surface area contributed by atoms with Crippen molar-refractivity contribution in [2.45, 2.75) is 30.3 Å². The molecule has 7 nitrogen and oxygen atoms in total. The van der Waals surface area contributed by atoms with E-state index in [1.165, 1.54) is 12.3 Å². The largest absolute Gasteiger partial charge is 0.507 e. The summed E-state index contributed by atoms with van der Waals surface area (Å²) in [6.45, 7) is 3.80. The van der Waals surface area contributed by atoms with Crippen LogP contribution < -0.4 is 15.5 Å². The van der Waals surface area contributed by atoms with Crippen LogP contribution in [-0.4, -0.2) is 33.2 Å². The highest BCUT2D eigenvalue weighted by Gasteiger charge is 2.36. The Hall–Kier alpha value is -3.00. The maximum atomic E-state index is 12.4. The number of carbonyl (C=O) groups is 2. The fraction of sp³-hybridized carbons (Fsp3) is 0.240. The summed E-state index contributed by atoms with van der Waals surface area (Å²) in [5.41, 5.74) is 3.16. The molecular formula is C25H24Cl3N3O4.